The summed E-state index contributed by atoms with van der Waals surface area (Å²) in [6.45, 7) is 2.80. The molecule has 0 atom stereocenters. The Morgan fingerprint density at radius 3 is 2.72 bits per heavy atom. The van der Waals surface area contributed by atoms with E-state index in [0.29, 0.717) is 11.9 Å². The third-order valence-corrected chi connectivity index (χ3v) is 4.62. The van der Waals surface area contributed by atoms with Crippen molar-refractivity contribution in [1.82, 2.24) is 10.2 Å². The monoisotopic (exact) mass is 264 g/mol. The molecule has 1 saturated heterocycles. The maximum absolute atomic E-state index is 12.6. The number of hydrogen-bond donors (Lipinski definition) is 1. The first-order valence-electron chi connectivity index (χ1n) is 6.87. The lowest BCUT2D eigenvalue weighted by molar-refractivity contribution is -0.137. The van der Waals surface area contributed by atoms with Gasteiger partial charge in [0.1, 0.15) is 0 Å². The predicted octanol–water partition coefficient (Wildman–Crippen LogP) is 2.24. The van der Waals surface area contributed by atoms with Gasteiger partial charge in [-0.05, 0) is 61.2 Å². The predicted molar refractivity (Wildman–Crippen MR) is 73.5 cm³/mol. The van der Waals surface area contributed by atoms with Crippen LogP contribution in [0.3, 0.4) is 0 Å². The minimum Gasteiger partial charge on any atom is -0.335 e. The molecule has 2 aliphatic rings. The summed E-state index contributed by atoms with van der Waals surface area (Å²) in [6, 6.07) is 2.66. The molecule has 98 valence electrons. The summed E-state index contributed by atoms with van der Waals surface area (Å²) in [5.41, 5.74) is 1.29. The van der Waals surface area contributed by atoms with Gasteiger partial charge in [0.25, 0.3) is 0 Å². The Bertz CT molecular complexity index is 394. The number of nitrogens with zero attached hydrogens (tertiary/aromatic N) is 1. The number of rotatable bonds is 4. The van der Waals surface area contributed by atoms with Crippen LogP contribution in [0.2, 0.25) is 0 Å². The van der Waals surface area contributed by atoms with Crippen LogP contribution >= 0.6 is 11.3 Å². The van der Waals surface area contributed by atoms with Crippen molar-refractivity contribution >= 4 is 17.2 Å². The van der Waals surface area contributed by atoms with Gasteiger partial charge in [-0.1, -0.05) is 0 Å². The second kappa shape index (κ2) is 5.41. The van der Waals surface area contributed by atoms with Crippen molar-refractivity contribution in [1.29, 1.82) is 0 Å². The number of amides is 1. The maximum Gasteiger partial charge on any atom is 0.226 e. The molecule has 4 heteroatoms. The lowest BCUT2D eigenvalue weighted by Crippen LogP contribution is -2.41. The molecule has 1 saturated carbocycles. The number of carbonyl (C=O) groups is 1. The number of carbonyl (C=O) groups excluding carboxylic acids is 1. The van der Waals surface area contributed by atoms with Gasteiger partial charge in [0, 0.05) is 18.5 Å². The Kier molecular flexibility index (Phi) is 3.66. The fraction of sp³-hybridized carbons (Fsp3) is 0.643. The van der Waals surface area contributed by atoms with E-state index in [0.717, 1.165) is 32.5 Å². The molecule has 1 aliphatic heterocycles. The summed E-state index contributed by atoms with van der Waals surface area (Å²) in [6.07, 6.45) is 4.40. The largest absolute Gasteiger partial charge is 0.335 e. The van der Waals surface area contributed by atoms with E-state index in [1.165, 1.54) is 18.4 Å². The van der Waals surface area contributed by atoms with Crippen LogP contribution in [-0.2, 0) is 11.3 Å². The van der Waals surface area contributed by atoms with Crippen molar-refractivity contribution in [2.24, 2.45) is 5.92 Å². The van der Waals surface area contributed by atoms with E-state index in [9.17, 15) is 4.79 Å². The minimum atomic E-state index is 0.255. The molecule has 3 nitrogen and oxygen atoms in total. The van der Waals surface area contributed by atoms with Gasteiger partial charge in [-0.15, -0.1) is 0 Å². The van der Waals surface area contributed by atoms with Crippen LogP contribution in [0.1, 0.15) is 31.2 Å². The summed E-state index contributed by atoms with van der Waals surface area (Å²) < 4.78 is 0. The normalized spacial score (nSPS) is 20.9. The Hall–Kier alpha value is -0.870. The topological polar surface area (TPSA) is 32.3 Å². The molecular weight excluding hydrogens is 244 g/mol. The van der Waals surface area contributed by atoms with Crippen molar-refractivity contribution in [2.45, 2.75) is 38.3 Å². The maximum atomic E-state index is 12.6. The zero-order valence-corrected chi connectivity index (χ0v) is 11.4. The van der Waals surface area contributed by atoms with Crippen LogP contribution in [0.4, 0.5) is 0 Å². The summed E-state index contributed by atoms with van der Waals surface area (Å²) in [7, 11) is 0. The SMILES string of the molecule is O=C(C1CCNCC1)N(Cc1ccsc1)C1CC1. The van der Waals surface area contributed by atoms with Crippen molar-refractivity contribution < 1.29 is 4.79 Å². The highest BCUT2D eigenvalue weighted by Gasteiger charge is 2.36. The summed E-state index contributed by atoms with van der Waals surface area (Å²) in [5.74, 6) is 0.649. The molecule has 1 aromatic rings. The van der Waals surface area contributed by atoms with Crippen molar-refractivity contribution in [2.75, 3.05) is 13.1 Å². The van der Waals surface area contributed by atoms with E-state index in [1.54, 1.807) is 11.3 Å². The van der Waals surface area contributed by atoms with E-state index in [2.05, 4.69) is 27.0 Å². The molecule has 2 fully saturated rings. The Morgan fingerprint density at radius 2 is 2.11 bits per heavy atom. The van der Waals surface area contributed by atoms with Crippen molar-refractivity contribution in [3.05, 3.63) is 22.4 Å². The summed E-state index contributed by atoms with van der Waals surface area (Å²) >= 11 is 1.71. The van der Waals surface area contributed by atoms with Crippen LogP contribution in [0.25, 0.3) is 0 Å². The number of thiophene rings is 1. The molecule has 1 N–H and O–H groups in total. The molecule has 1 amide bonds. The lowest BCUT2D eigenvalue weighted by atomic mass is 9.96. The van der Waals surface area contributed by atoms with Crippen molar-refractivity contribution in [3.63, 3.8) is 0 Å². The average Bonchev–Trinajstić information content (AvgIpc) is 3.13. The molecule has 1 aromatic heterocycles. The fourth-order valence-electron chi connectivity index (χ4n) is 2.66. The first kappa shape index (κ1) is 12.2. The van der Waals surface area contributed by atoms with Gasteiger partial charge < -0.3 is 10.2 Å². The molecule has 1 aliphatic carbocycles. The van der Waals surface area contributed by atoms with Gasteiger partial charge in [-0.2, -0.15) is 11.3 Å². The number of hydrogen-bond acceptors (Lipinski definition) is 3. The number of nitrogens with one attached hydrogen (secondary N) is 1. The first-order chi connectivity index (χ1) is 8.84. The van der Waals surface area contributed by atoms with Gasteiger partial charge in [0.2, 0.25) is 5.91 Å². The molecule has 0 radical (unpaired) electrons. The zero-order chi connectivity index (χ0) is 12.4. The molecule has 2 heterocycles. The van der Waals surface area contributed by atoms with E-state index >= 15 is 0 Å². The summed E-state index contributed by atoms with van der Waals surface area (Å²) in [4.78, 5) is 14.7. The third kappa shape index (κ3) is 2.75. The van der Waals surface area contributed by atoms with E-state index in [4.69, 9.17) is 0 Å². The minimum absolute atomic E-state index is 0.255. The highest BCUT2D eigenvalue weighted by atomic mass is 32.1. The van der Waals surface area contributed by atoms with Gasteiger partial charge in [-0.25, -0.2) is 0 Å². The van der Waals surface area contributed by atoms with Crippen LogP contribution in [0, 0.1) is 5.92 Å². The highest BCUT2D eigenvalue weighted by Crippen LogP contribution is 2.31. The van der Waals surface area contributed by atoms with Gasteiger partial charge in [0.15, 0.2) is 0 Å². The third-order valence-electron chi connectivity index (χ3n) is 3.89. The fourth-order valence-corrected chi connectivity index (χ4v) is 3.32. The molecular formula is C14H20N2OS. The smallest absolute Gasteiger partial charge is 0.226 e. The number of piperidine rings is 1. The molecule has 3 rings (SSSR count). The quantitative estimate of drug-likeness (QED) is 0.904. The van der Waals surface area contributed by atoms with Crippen molar-refractivity contribution in [3.8, 4) is 0 Å². The van der Waals surface area contributed by atoms with Crippen LogP contribution in [0.5, 0.6) is 0 Å². The second-order valence-corrected chi connectivity index (χ2v) is 6.13. The average molecular weight is 264 g/mol. The van der Waals surface area contributed by atoms with E-state index in [-0.39, 0.29) is 5.92 Å². The second-order valence-electron chi connectivity index (χ2n) is 5.35. The Labute approximate surface area is 112 Å². The standard InChI is InChI=1S/C14H20N2OS/c17-14(12-3-6-15-7-4-12)16(13-1-2-13)9-11-5-8-18-10-11/h5,8,10,12-13,15H,1-4,6-7,9H2. The Balaban J connectivity index is 1.66. The first-order valence-corrected chi connectivity index (χ1v) is 7.81. The van der Waals surface area contributed by atoms with E-state index in [1.807, 2.05) is 0 Å². The van der Waals surface area contributed by atoms with Gasteiger partial charge >= 0.3 is 0 Å². The van der Waals surface area contributed by atoms with Crippen LogP contribution in [-0.4, -0.2) is 29.9 Å². The molecule has 0 unspecified atom stereocenters. The molecule has 0 bridgehead atoms. The molecule has 18 heavy (non-hydrogen) atoms. The molecule has 0 spiro atoms. The van der Waals surface area contributed by atoms with E-state index < -0.39 is 0 Å². The summed E-state index contributed by atoms with van der Waals surface area (Å²) in [5, 5.41) is 7.58. The lowest BCUT2D eigenvalue weighted by Gasteiger charge is -2.29. The van der Waals surface area contributed by atoms with Crippen LogP contribution in [0.15, 0.2) is 16.8 Å². The van der Waals surface area contributed by atoms with Crippen LogP contribution < -0.4 is 5.32 Å². The molecule has 0 aromatic carbocycles. The van der Waals surface area contributed by atoms with Gasteiger partial charge in [-0.3, -0.25) is 4.79 Å². The zero-order valence-electron chi connectivity index (χ0n) is 10.6. The Morgan fingerprint density at radius 1 is 1.33 bits per heavy atom. The highest BCUT2D eigenvalue weighted by molar-refractivity contribution is 7.07. The van der Waals surface area contributed by atoms with Gasteiger partial charge in [0.05, 0.1) is 0 Å².